The van der Waals surface area contributed by atoms with Crippen molar-refractivity contribution in [1.82, 2.24) is 0 Å². The summed E-state index contributed by atoms with van der Waals surface area (Å²) in [7, 11) is 0. The van der Waals surface area contributed by atoms with Crippen LogP contribution < -0.4 is 16.2 Å². The molecule has 0 atom stereocenters. The van der Waals surface area contributed by atoms with E-state index in [1.807, 2.05) is 38.1 Å². The Bertz CT molecular complexity index is 423. The summed E-state index contributed by atoms with van der Waals surface area (Å²) < 4.78 is 0. The van der Waals surface area contributed by atoms with Gasteiger partial charge in [-0.25, -0.2) is 0 Å². The zero-order chi connectivity index (χ0) is 9.84. The number of nitrogens with two attached hydrogens (primary N) is 1. The number of benzene rings is 1. The molecule has 0 radical (unpaired) electrons. The highest BCUT2D eigenvalue weighted by molar-refractivity contribution is 5.47. The van der Waals surface area contributed by atoms with E-state index in [0.717, 1.165) is 21.7 Å². The van der Waals surface area contributed by atoms with E-state index in [4.69, 9.17) is 5.73 Å². The molecule has 2 N–H and O–H groups in total. The van der Waals surface area contributed by atoms with Gasteiger partial charge in [-0.15, -0.1) is 0 Å². The average molecular weight is 173 g/mol. The van der Waals surface area contributed by atoms with E-state index in [1.165, 1.54) is 0 Å². The van der Waals surface area contributed by atoms with Gasteiger partial charge in [0.25, 0.3) is 0 Å². The fourth-order valence-electron chi connectivity index (χ4n) is 1.02. The molecular weight excluding hydrogens is 158 g/mol. The van der Waals surface area contributed by atoms with Gasteiger partial charge in [-0.3, -0.25) is 0 Å². The van der Waals surface area contributed by atoms with E-state index in [2.05, 4.69) is 12.7 Å². The highest BCUT2D eigenvalue weighted by Crippen LogP contribution is 1.96. The van der Waals surface area contributed by atoms with Crippen molar-refractivity contribution in [3.8, 4) is 0 Å². The van der Waals surface area contributed by atoms with Gasteiger partial charge < -0.3 is 5.73 Å². The first-order chi connectivity index (χ1) is 6.11. The summed E-state index contributed by atoms with van der Waals surface area (Å²) in [4.78, 5) is 0. The Labute approximate surface area is 78.9 Å². The predicted octanol–water partition coefficient (Wildman–Crippen LogP) is 1.13. The molecule has 0 saturated carbocycles. The fourth-order valence-corrected chi connectivity index (χ4v) is 1.02. The van der Waals surface area contributed by atoms with E-state index < -0.39 is 0 Å². The summed E-state index contributed by atoms with van der Waals surface area (Å²) in [6.45, 7) is 7.84. The van der Waals surface area contributed by atoms with Gasteiger partial charge in [0.15, 0.2) is 0 Å². The highest BCUT2D eigenvalue weighted by Gasteiger charge is 1.87. The second-order valence-corrected chi connectivity index (χ2v) is 3.21. The highest BCUT2D eigenvalue weighted by atomic mass is 14.5. The Morgan fingerprint density at radius 2 is 1.92 bits per heavy atom. The van der Waals surface area contributed by atoms with Crippen LogP contribution in [0.15, 0.2) is 35.5 Å². The maximum absolute atomic E-state index is 5.66. The minimum absolute atomic E-state index is 0.850. The first-order valence-corrected chi connectivity index (χ1v) is 4.30. The van der Waals surface area contributed by atoms with Crippen LogP contribution in [0.3, 0.4) is 0 Å². The third kappa shape index (κ3) is 2.48. The maximum atomic E-state index is 5.66. The van der Waals surface area contributed by atoms with E-state index in [0.29, 0.717) is 0 Å². The van der Waals surface area contributed by atoms with Crippen molar-refractivity contribution in [2.24, 2.45) is 5.73 Å². The maximum Gasteiger partial charge on any atom is 0.00787 e. The minimum atomic E-state index is 0.850. The molecule has 1 aromatic rings. The van der Waals surface area contributed by atoms with Crippen molar-refractivity contribution in [3.05, 3.63) is 46.0 Å². The van der Waals surface area contributed by atoms with Crippen LogP contribution in [-0.4, -0.2) is 0 Å². The van der Waals surface area contributed by atoms with Crippen LogP contribution >= 0.6 is 0 Å². The molecule has 13 heavy (non-hydrogen) atoms. The molecule has 68 valence electrons. The van der Waals surface area contributed by atoms with Crippen molar-refractivity contribution < 1.29 is 0 Å². The lowest BCUT2D eigenvalue weighted by Crippen LogP contribution is -2.22. The van der Waals surface area contributed by atoms with Crippen molar-refractivity contribution in [2.45, 2.75) is 13.8 Å². The Morgan fingerprint density at radius 1 is 1.31 bits per heavy atom. The van der Waals surface area contributed by atoms with Crippen LogP contribution in [0, 0.1) is 0 Å². The molecule has 0 fully saturated rings. The molecule has 0 aromatic heterocycles. The molecule has 0 spiro atoms. The van der Waals surface area contributed by atoms with Crippen molar-refractivity contribution in [1.29, 1.82) is 0 Å². The lowest BCUT2D eigenvalue weighted by atomic mass is 10.1. The van der Waals surface area contributed by atoms with Crippen molar-refractivity contribution >= 4 is 12.7 Å². The van der Waals surface area contributed by atoms with E-state index in [-0.39, 0.29) is 0 Å². The zero-order valence-electron chi connectivity index (χ0n) is 8.17. The van der Waals surface area contributed by atoms with Gasteiger partial charge in [-0.2, -0.15) is 0 Å². The van der Waals surface area contributed by atoms with Gasteiger partial charge in [0.2, 0.25) is 0 Å². The SMILES string of the molecule is C=c1cccc/c1=C/C(C)=C(/C)N. The van der Waals surface area contributed by atoms with Gasteiger partial charge in [0, 0.05) is 5.70 Å². The Balaban J connectivity index is 3.32. The van der Waals surface area contributed by atoms with Crippen LogP contribution in [-0.2, 0) is 0 Å². The molecule has 0 unspecified atom stereocenters. The zero-order valence-corrected chi connectivity index (χ0v) is 8.17. The molecule has 1 nitrogen and oxygen atoms in total. The van der Waals surface area contributed by atoms with Gasteiger partial charge in [-0.1, -0.05) is 30.8 Å². The fraction of sp³-hybridized carbons (Fsp3) is 0.167. The van der Waals surface area contributed by atoms with Crippen LogP contribution in [0.25, 0.3) is 12.7 Å². The molecule has 1 rings (SSSR count). The van der Waals surface area contributed by atoms with Gasteiger partial charge in [0.05, 0.1) is 0 Å². The molecule has 0 aliphatic heterocycles. The molecule has 0 amide bonds. The summed E-state index contributed by atoms with van der Waals surface area (Å²) >= 11 is 0. The normalized spacial score (nSPS) is 14.2. The third-order valence-electron chi connectivity index (χ3n) is 2.05. The first kappa shape index (κ1) is 9.59. The molecule has 0 aliphatic carbocycles. The molecular formula is C12H15N. The van der Waals surface area contributed by atoms with Gasteiger partial charge >= 0.3 is 0 Å². The number of hydrogen-bond donors (Lipinski definition) is 1. The van der Waals surface area contributed by atoms with Crippen LogP contribution in [0.2, 0.25) is 0 Å². The standard InChI is InChI=1S/C12H15N/c1-9-6-4-5-7-12(9)8-10(2)11(3)13/h4-8H,1,13H2,2-3H3/b11-10-,12-8-. The molecule has 0 saturated heterocycles. The summed E-state index contributed by atoms with van der Waals surface area (Å²) in [5.41, 5.74) is 7.61. The Hall–Kier alpha value is -1.50. The summed E-state index contributed by atoms with van der Waals surface area (Å²) in [6.07, 6.45) is 2.05. The lowest BCUT2D eigenvalue weighted by Gasteiger charge is -1.95. The monoisotopic (exact) mass is 173 g/mol. The van der Waals surface area contributed by atoms with Crippen molar-refractivity contribution in [3.63, 3.8) is 0 Å². The van der Waals surface area contributed by atoms with E-state index in [9.17, 15) is 0 Å². The molecule has 1 aromatic carbocycles. The van der Waals surface area contributed by atoms with Crippen molar-refractivity contribution in [2.75, 3.05) is 0 Å². The number of allylic oxidation sites excluding steroid dienone is 2. The van der Waals surface area contributed by atoms with Crippen LogP contribution in [0.5, 0.6) is 0 Å². The summed E-state index contributed by atoms with van der Waals surface area (Å²) in [5.74, 6) is 0. The summed E-state index contributed by atoms with van der Waals surface area (Å²) in [6, 6.07) is 8.01. The number of hydrogen-bond acceptors (Lipinski definition) is 1. The second kappa shape index (κ2) is 3.94. The molecule has 0 bridgehead atoms. The first-order valence-electron chi connectivity index (χ1n) is 4.30. The van der Waals surface area contributed by atoms with Gasteiger partial charge in [-0.05, 0) is 35.9 Å². The molecule has 1 heteroatoms. The largest absolute Gasteiger partial charge is 0.402 e. The minimum Gasteiger partial charge on any atom is -0.402 e. The van der Waals surface area contributed by atoms with Gasteiger partial charge in [0.1, 0.15) is 0 Å². The topological polar surface area (TPSA) is 26.0 Å². The molecule has 0 heterocycles. The second-order valence-electron chi connectivity index (χ2n) is 3.21. The third-order valence-corrected chi connectivity index (χ3v) is 2.05. The lowest BCUT2D eigenvalue weighted by molar-refractivity contribution is 1.25. The molecule has 0 aliphatic rings. The van der Waals surface area contributed by atoms with Crippen LogP contribution in [0.4, 0.5) is 0 Å². The summed E-state index contributed by atoms with van der Waals surface area (Å²) in [5, 5.41) is 2.16. The Morgan fingerprint density at radius 3 is 2.46 bits per heavy atom. The quantitative estimate of drug-likeness (QED) is 0.677. The van der Waals surface area contributed by atoms with Crippen LogP contribution in [0.1, 0.15) is 13.8 Å². The number of rotatable bonds is 1. The van der Waals surface area contributed by atoms with E-state index in [1.54, 1.807) is 0 Å². The predicted molar refractivity (Wildman–Crippen MR) is 58.2 cm³/mol. The average Bonchev–Trinajstić information content (AvgIpc) is 2.08. The Kier molecular flexibility index (Phi) is 2.91. The smallest absolute Gasteiger partial charge is 0.00787 e. The van der Waals surface area contributed by atoms with E-state index >= 15 is 0 Å².